The summed E-state index contributed by atoms with van der Waals surface area (Å²) in [4.78, 5) is 9.12. The van der Waals surface area contributed by atoms with E-state index in [1.54, 1.807) is 0 Å². The Hall–Kier alpha value is -1.32. The molecule has 112 valence electrons. The monoisotopic (exact) mass is 276 g/mol. The second-order valence-corrected chi connectivity index (χ2v) is 7.26. The van der Waals surface area contributed by atoms with Crippen LogP contribution in [0.4, 0.5) is 11.6 Å². The second-order valence-electron chi connectivity index (χ2n) is 7.26. The van der Waals surface area contributed by atoms with Gasteiger partial charge in [-0.25, -0.2) is 9.97 Å². The molecule has 1 aromatic rings. The molecule has 20 heavy (non-hydrogen) atoms. The molecule has 0 radical (unpaired) electrons. The molecule has 1 aliphatic carbocycles. The van der Waals surface area contributed by atoms with Gasteiger partial charge in [0, 0.05) is 17.5 Å². The minimum absolute atomic E-state index is 0.0844. The second kappa shape index (κ2) is 5.23. The van der Waals surface area contributed by atoms with Gasteiger partial charge in [0.05, 0.1) is 0 Å². The number of aromatic nitrogens is 2. The van der Waals surface area contributed by atoms with E-state index < -0.39 is 0 Å². The number of anilines is 2. The van der Waals surface area contributed by atoms with Crippen LogP contribution in [0.2, 0.25) is 0 Å². The summed E-state index contributed by atoms with van der Waals surface area (Å²) in [7, 11) is 0. The average Bonchev–Trinajstić information content (AvgIpc) is 3.10. The number of nitrogens with one attached hydrogen (secondary N) is 1. The predicted octanol–water partition coefficient (Wildman–Crippen LogP) is 3.66. The van der Waals surface area contributed by atoms with Gasteiger partial charge in [-0.05, 0) is 31.6 Å². The molecule has 0 amide bonds. The number of rotatable bonds is 5. The van der Waals surface area contributed by atoms with Crippen LogP contribution in [0.15, 0.2) is 0 Å². The van der Waals surface area contributed by atoms with Gasteiger partial charge >= 0.3 is 0 Å². The van der Waals surface area contributed by atoms with Crippen molar-refractivity contribution in [2.75, 3.05) is 17.6 Å². The molecule has 3 N–H and O–H groups in total. The molecular weight excluding hydrogens is 248 g/mol. The van der Waals surface area contributed by atoms with Crippen molar-refractivity contribution in [2.45, 2.75) is 65.7 Å². The third-order valence-electron chi connectivity index (χ3n) is 4.22. The summed E-state index contributed by atoms with van der Waals surface area (Å²) in [5.74, 6) is 2.31. The van der Waals surface area contributed by atoms with E-state index >= 15 is 0 Å². The summed E-state index contributed by atoms with van der Waals surface area (Å²) in [6.45, 7) is 11.6. The van der Waals surface area contributed by atoms with Crippen LogP contribution in [0.5, 0.6) is 0 Å². The van der Waals surface area contributed by atoms with Crippen molar-refractivity contribution in [1.82, 2.24) is 9.97 Å². The van der Waals surface area contributed by atoms with Crippen molar-refractivity contribution in [3.8, 4) is 0 Å². The molecule has 0 bridgehead atoms. The minimum atomic E-state index is -0.0844. The topological polar surface area (TPSA) is 63.8 Å². The number of nitrogen functional groups attached to an aromatic ring is 1. The number of nitrogens with zero attached hydrogens (tertiary/aromatic N) is 2. The van der Waals surface area contributed by atoms with Crippen molar-refractivity contribution >= 4 is 11.6 Å². The van der Waals surface area contributed by atoms with Crippen LogP contribution >= 0.6 is 0 Å². The van der Waals surface area contributed by atoms with E-state index in [0.717, 1.165) is 23.8 Å². The third kappa shape index (κ3) is 3.22. The Kier molecular flexibility index (Phi) is 3.94. The van der Waals surface area contributed by atoms with Gasteiger partial charge in [0.15, 0.2) is 0 Å². The SMILES string of the molecule is CCCC1(CNc2nc(C(C)(C)C)nc(N)c2C)CC1. The van der Waals surface area contributed by atoms with Crippen molar-refractivity contribution in [1.29, 1.82) is 0 Å². The fraction of sp³-hybridized carbons (Fsp3) is 0.750. The lowest BCUT2D eigenvalue weighted by atomic mass is 9.95. The molecule has 0 atom stereocenters. The van der Waals surface area contributed by atoms with Crippen LogP contribution in [-0.2, 0) is 5.41 Å². The predicted molar refractivity (Wildman–Crippen MR) is 84.9 cm³/mol. The molecule has 0 saturated heterocycles. The highest BCUT2D eigenvalue weighted by atomic mass is 15.1. The van der Waals surface area contributed by atoms with E-state index in [4.69, 9.17) is 10.7 Å². The molecule has 4 heteroatoms. The lowest BCUT2D eigenvalue weighted by Crippen LogP contribution is -2.22. The first-order valence-corrected chi connectivity index (χ1v) is 7.66. The molecule has 0 aliphatic heterocycles. The maximum Gasteiger partial charge on any atom is 0.138 e. The summed E-state index contributed by atoms with van der Waals surface area (Å²) < 4.78 is 0. The van der Waals surface area contributed by atoms with Crippen LogP contribution in [0.1, 0.15) is 64.8 Å². The number of hydrogen-bond donors (Lipinski definition) is 2. The lowest BCUT2D eigenvalue weighted by molar-refractivity contribution is 0.484. The standard InChI is InChI=1S/C16H28N4/c1-6-7-16(8-9-16)10-18-13-11(2)12(17)19-14(20-13)15(3,4)5/h6-10H2,1-5H3,(H3,17,18,19,20). The first kappa shape index (κ1) is 15.1. The van der Waals surface area contributed by atoms with E-state index in [1.165, 1.54) is 25.7 Å². The average molecular weight is 276 g/mol. The number of hydrogen-bond acceptors (Lipinski definition) is 4. The molecule has 1 aliphatic rings. The maximum absolute atomic E-state index is 6.04. The van der Waals surface area contributed by atoms with Gasteiger partial charge in [0.25, 0.3) is 0 Å². The van der Waals surface area contributed by atoms with Gasteiger partial charge in [-0.2, -0.15) is 0 Å². The Balaban J connectivity index is 2.17. The van der Waals surface area contributed by atoms with Gasteiger partial charge in [-0.3, -0.25) is 0 Å². The molecule has 1 heterocycles. The lowest BCUT2D eigenvalue weighted by Gasteiger charge is -2.21. The summed E-state index contributed by atoms with van der Waals surface area (Å²) in [6.07, 6.45) is 5.21. The molecular formula is C16H28N4. The quantitative estimate of drug-likeness (QED) is 0.861. The van der Waals surface area contributed by atoms with Crippen LogP contribution in [0.25, 0.3) is 0 Å². The van der Waals surface area contributed by atoms with E-state index in [-0.39, 0.29) is 5.41 Å². The highest BCUT2D eigenvalue weighted by Gasteiger charge is 2.41. The normalized spacial score (nSPS) is 17.1. The van der Waals surface area contributed by atoms with Crippen molar-refractivity contribution < 1.29 is 0 Å². The minimum Gasteiger partial charge on any atom is -0.383 e. The Bertz CT molecular complexity index is 484. The Morgan fingerprint density at radius 3 is 2.40 bits per heavy atom. The molecule has 0 aromatic carbocycles. The van der Waals surface area contributed by atoms with Crippen LogP contribution in [0, 0.1) is 12.3 Å². The molecule has 1 saturated carbocycles. The van der Waals surface area contributed by atoms with E-state index in [0.29, 0.717) is 11.2 Å². The van der Waals surface area contributed by atoms with Crippen LogP contribution in [0.3, 0.4) is 0 Å². The van der Waals surface area contributed by atoms with Crippen molar-refractivity contribution in [2.24, 2.45) is 5.41 Å². The van der Waals surface area contributed by atoms with E-state index in [1.807, 2.05) is 6.92 Å². The zero-order chi connectivity index (χ0) is 15.0. The summed E-state index contributed by atoms with van der Waals surface area (Å²) in [5.41, 5.74) is 7.42. The van der Waals surface area contributed by atoms with Crippen LogP contribution < -0.4 is 11.1 Å². The Labute approximate surface area is 122 Å². The highest BCUT2D eigenvalue weighted by Crippen LogP contribution is 2.49. The van der Waals surface area contributed by atoms with E-state index in [2.05, 4.69) is 38.0 Å². The van der Waals surface area contributed by atoms with Gasteiger partial charge in [-0.1, -0.05) is 34.1 Å². The van der Waals surface area contributed by atoms with Crippen molar-refractivity contribution in [3.63, 3.8) is 0 Å². The Morgan fingerprint density at radius 2 is 1.90 bits per heavy atom. The fourth-order valence-electron chi connectivity index (χ4n) is 2.54. The fourth-order valence-corrected chi connectivity index (χ4v) is 2.54. The first-order chi connectivity index (χ1) is 9.27. The molecule has 1 aromatic heterocycles. The molecule has 0 spiro atoms. The molecule has 4 nitrogen and oxygen atoms in total. The maximum atomic E-state index is 6.04. The summed E-state index contributed by atoms with van der Waals surface area (Å²) in [5, 5.41) is 3.52. The molecule has 0 unspecified atom stereocenters. The third-order valence-corrected chi connectivity index (χ3v) is 4.22. The smallest absolute Gasteiger partial charge is 0.138 e. The Morgan fingerprint density at radius 1 is 1.25 bits per heavy atom. The first-order valence-electron chi connectivity index (χ1n) is 7.66. The zero-order valence-corrected chi connectivity index (χ0v) is 13.5. The van der Waals surface area contributed by atoms with Gasteiger partial charge in [0.1, 0.15) is 17.5 Å². The van der Waals surface area contributed by atoms with Crippen molar-refractivity contribution in [3.05, 3.63) is 11.4 Å². The summed E-state index contributed by atoms with van der Waals surface area (Å²) in [6, 6.07) is 0. The largest absolute Gasteiger partial charge is 0.383 e. The zero-order valence-electron chi connectivity index (χ0n) is 13.5. The summed E-state index contributed by atoms with van der Waals surface area (Å²) >= 11 is 0. The van der Waals surface area contributed by atoms with Crippen LogP contribution in [-0.4, -0.2) is 16.5 Å². The highest BCUT2D eigenvalue weighted by molar-refractivity contribution is 5.55. The molecule has 2 rings (SSSR count). The molecule has 1 fully saturated rings. The van der Waals surface area contributed by atoms with Gasteiger partial charge in [0.2, 0.25) is 0 Å². The van der Waals surface area contributed by atoms with Gasteiger partial charge in [-0.15, -0.1) is 0 Å². The van der Waals surface area contributed by atoms with Gasteiger partial charge < -0.3 is 11.1 Å². The number of nitrogens with two attached hydrogens (primary N) is 1. The van der Waals surface area contributed by atoms with E-state index in [9.17, 15) is 0 Å².